The molecule has 4 nitrogen and oxygen atoms in total. The molecule has 2 saturated carbocycles. The van der Waals surface area contributed by atoms with Gasteiger partial charge in [0, 0.05) is 38.1 Å². The molecule has 4 heteroatoms. The molecule has 114 valence electrons. The lowest BCUT2D eigenvalue weighted by atomic mass is 9.95. The Kier molecular flexibility index (Phi) is 4.32. The minimum Gasteiger partial charge on any atom is -0.395 e. The van der Waals surface area contributed by atoms with E-state index in [0.717, 1.165) is 32.6 Å². The molecule has 20 heavy (non-hydrogen) atoms. The summed E-state index contributed by atoms with van der Waals surface area (Å²) in [6.07, 6.45) is 6.08. The van der Waals surface area contributed by atoms with Crippen LogP contribution in [-0.4, -0.2) is 59.6 Å². The van der Waals surface area contributed by atoms with Gasteiger partial charge < -0.3 is 10.0 Å². The first-order chi connectivity index (χ1) is 9.74. The van der Waals surface area contributed by atoms with Crippen LogP contribution in [0.1, 0.15) is 39.0 Å². The van der Waals surface area contributed by atoms with Gasteiger partial charge in [-0.15, -0.1) is 0 Å². The second kappa shape index (κ2) is 6.02. The van der Waals surface area contributed by atoms with Gasteiger partial charge in [0.1, 0.15) is 0 Å². The maximum absolute atomic E-state index is 12.7. The van der Waals surface area contributed by atoms with Crippen LogP contribution < -0.4 is 0 Å². The Morgan fingerprint density at radius 2 is 1.65 bits per heavy atom. The zero-order valence-electron chi connectivity index (χ0n) is 12.6. The Labute approximate surface area is 122 Å². The predicted octanol–water partition coefficient (Wildman–Crippen LogP) is 1.34. The number of hydrogen-bond donors (Lipinski definition) is 1. The van der Waals surface area contributed by atoms with Crippen molar-refractivity contribution >= 4 is 5.91 Å². The summed E-state index contributed by atoms with van der Waals surface area (Å²) in [5.41, 5.74) is 0. The van der Waals surface area contributed by atoms with E-state index in [1.54, 1.807) is 0 Å². The quantitative estimate of drug-likeness (QED) is 0.798. The summed E-state index contributed by atoms with van der Waals surface area (Å²) in [5, 5.41) is 9.38. The zero-order chi connectivity index (χ0) is 14.1. The molecule has 3 rings (SSSR count). The average Bonchev–Trinajstić information content (AvgIpc) is 3.36. The second-order valence-corrected chi connectivity index (χ2v) is 6.81. The molecule has 0 aromatic carbocycles. The van der Waals surface area contributed by atoms with Crippen molar-refractivity contribution in [3.8, 4) is 0 Å². The molecule has 1 heterocycles. The molecular weight excluding hydrogens is 252 g/mol. The van der Waals surface area contributed by atoms with Crippen LogP contribution in [-0.2, 0) is 4.79 Å². The van der Waals surface area contributed by atoms with Gasteiger partial charge in [0.2, 0.25) is 5.91 Å². The van der Waals surface area contributed by atoms with Crippen molar-refractivity contribution in [1.82, 2.24) is 9.80 Å². The van der Waals surface area contributed by atoms with E-state index in [4.69, 9.17) is 0 Å². The normalized spacial score (nSPS) is 26.1. The van der Waals surface area contributed by atoms with E-state index < -0.39 is 0 Å². The van der Waals surface area contributed by atoms with Gasteiger partial charge in [-0.1, -0.05) is 6.92 Å². The Hall–Kier alpha value is -0.610. The van der Waals surface area contributed by atoms with Gasteiger partial charge in [-0.2, -0.15) is 0 Å². The SMILES string of the molecule is CCC(CO)N1CCN(C(=O)C(C2CC2)C2CC2)CC1. The Bertz CT molecular complexity index is 328. The first-order valence-corrected chi connectivity index (χ1v) is 8.38. The molecule has 3 fully saturated rings. The van der Waals surface area contributed by atoms with Crippen molar-refractivity contribution in [2.45, 2.75) is 45.1 Å². The van der Waals surface area contributed by atoms with E-state index in [9.17, 15) is 9.90 Å². The van der Waals surface area contributed by atoms with Crippen molar-refractivity contribution in [1.29, 1.82) is 0 Å². The van der Waals surface area contributed by atoms with Crippen LogP contribution in [0.5, 0.6) is 0 Å². The van der Waals surface area contributed by atoms with Gasteiger partial charge in [-0.25, -0.2) is 0 Å². The van der Waals surface area contributed by atoms with E-state index in [1.807, 2.05) is 0 Å². The third-order valence-corrected chi connectivity index (χ3v) is 5.37. The molecule has 1 aliphatic heterocycles. The van der Waals surface area contributed by atoms with Crippen LogP contribution in [0.25, 0.3) is 0 Å². The average molecular weight is 280 g/mol. The van der Waals surface area contributed by atoms with Crippen molar-refractivity contribution in [2.24, 2.45) is 17.8 Å². The van der Waals surface area contributed by atoms with Crippen LogP contribution in [0, 0.1) is 17.8 Å². The van der Waals surface area contributed by atoms with Crippen molar-refractivity contribution < 1.29 is 9.90 Å². The summed E-state index contributed by atoms with van der Waals surface area (Å²) in [6, 6.07) is 0.273. The molecule has 1 saturated heterocycles. The lowest BCUT2D eigenvalue weighted by Gasteiger charge is -2.39. The monoisotopic (exact) mass is 280 g/mol. The number of nitrogens with zero attached hydrogens (tertiary/aromatic N) is 2. The van der Waals surface area contributed by atoms with Gasteiger partial charge in [0.25, 0.3) is 0 Å². The molecule has 0 aromatic rings. The first kappa shape index (κ1) is 14.3. The van der Waals surface area contributed by atoms with Crippen molar-refractivity contribution in [3.05, 3.63) is 0 Å². The van der Waals surface area contributed by atoms with Gasteiger partial charge >= 0.3 is 0 Å². The second-order valence-electron chi connectivity index (χ2n) is 6.81. The molecule has 1 amide bonds. The molecule has 1 unspecified atom stereocenters. The van der Waals surface area contributed by atoms with E-state index >= 15 is 0 Å². The summed E-state index contributed by atoms with van der Waals surface area (Å²) >= 11 is 0. The highest BCUT2D eigenvalue weighted by Crippen LogP contribution is 2.49. The number of piperazine rings is 1. The predicted molar refractivity (Wildman–Crippen MR) is 78.3 cm³/mol. The maximum Gasteiger partial charge on any atom is 0.226 e. The van der Waals surface area contributed by atoms with Crippen LogP contribution in [0.3, 0.4) is 0 Å². The van der Waals surface area contributed by atoms with Gasteiger partial charge in [-0.05, 0) is 43.9 Å². The van der Waals surface area contributed by atoms with E-state index in [1.165, 1.54) is 25.7 Å². The molecule has 0 spiro atoms. The molecule has 1 N–H and O–H groups in total. The van der Waals surface area contributed by atoms with E-state index in [2.05, 4.69) is 16.7 Å². The van der Waals surface area contributed by atoms with Crippen LogP contribution >= 0.6 is 0 Å². The minimum atomic E-state index is 0.233. The van der Waals surface area contributed by atoms with Crippen molar-refractivity contribution in [3.63, 3.8) is 0 Å². The third kappa shape index (κ3) is 3.01. The smallest absolute Gasteiger partial charge is 0.226 e. The number of aliphatic hydroxyl groups excluding tert-OH is 1. The minimum absolute atomic E-state index is 0.233. The summed E-state index contributed by atoms with van der Waals surface area (Å²) < 4.78 is 0. The first-order valence-electron chi connectivity index (χ1n) is 8.38. The summed E-state index contributed by atoms with van der Waals surface area (Å²) in [5.74, 6) is 2.19. The van der Waals surface area contributed by atoms with Gasteiger partial charge in [0.15, 0.2) is 0 Å². The highest BCUT2D eigenvalue weighted by molar-refractivity contribution is 5.80. The summed E-state index contributed by atoms with van der Waals surface area (Å²) in [6.45, 7) is 5.90. The highest BCUT2D eigenvalue weighted by atomic mass is 16.3. The molecular formula is C16H28N2O2. The van der Waals surface area contributed by atoms with Crippen LogP contribution in [0.4, 0.5) is 0 Å². The Balaban J connectivity index is 1.53. The maximum atomic E-state index is 12.7. The number of hydrogen-bond acceptors (Lipinski definition) is 3. The van der Waals surface area contributed by atoms with E-state index in [-0.39, 0.29) is 12.6 Å². The lowest BCUT2D eigenvalue weighted by Crippen LogP contribution is -2.54. The summed E-state index contributed by atoms with van der Waals surface area (Å²) in [7, 11) is 0. The fourth-order valence-electron chi connectivity index (χ4n) is 3.72. The van der Waals surface area contributed by atoms with Crippen molar-refractivity contribution in [2.75, 3.05) is 32.8 Å². The fourth-order valence-corrected chi connectivity index (χ4v) is 3.72. The van der Waals surface area contributed by atoms with Crippen LogP contribution in [0.2, 0.25) is 0 Å². The molecule has 0 bridgehead atoms. The Morgan fingerprint density at radius 3 is 2.05 bits per heavy atom. The number of amides is 1. The zero-order valence-corrected chi connectivity index (χ0v) is 12.6. The molecule has 0 radical (unpaired) electrons. The number of rotatable bonds is 6. The highest BCUT2D eigenvalue weighted by Gasteiger charge is 2.47. The number of carbonyl (C=O) groups is 1. The molecule has 3 aliphatic rings. The molecule has 0 aromatic heterocycles. The topological polar surface area (TPSA) is 43.8 Å². The Morgan fingerprint density at radius 1 is 1.10 bits per heavy atom. The third-order valence-electron chi connectivity index (χ3n) is 5.37. The standard InChI is InChI=1S/C16H28N2O2/c1-2-14(11-19)17-7-9-18(10-8-17)16(20)15(12-3-4-12)13-5-6-13/h12-15,19H,2-11H2,1H3. The lowest BCUT2D eigenvalue weighted by molar-refractivity contribution is -0.139. The van der Waals surface area contributed by atoms with Gasteiger partial charge in [0.05, 0.1) is 6.61 Å². The fraction of sp³-hybridized carbons (Fsp3) is 0.938. The van der Waals surface area contributed by atoms with Crippen LogP contribution in [0.15, 0.2) is 0 Å². The number of aliphatic hydroxyl groups is 1. The van der Waals surface area contributed by atoms with E-state index in [0.29, 0.717) is 23.7 Å². The summed E-state index contributed by atoms with van der Waals surface area (Å²) in [4.78, 5) is 17.2. The largest absolute Gasteiger partial charge is 0.395 e. The van der Waals surface area contributed by atoms with Gasteiger partial charge in [-0.3, -0.25) is 9.69 Å². The number of carbonyl (C=O) groups excluding carboxylic acids is 1. The molecule has 1 atom stereocenters. The molecule has 2 aliphatic carbocycles.